The predicted molar refractivity (Wildman–Crippen MR) is 77.0 cm³/mol. The lowest BCUT2D eigenvalue weighted by Gasteiger charge is -2.37. The second-order valence-corrected chi connectivity index (χ2v) is 5.02. The molecule has 0 aromatic heterocycles. The molecular formula is C15H18O8. The first-order chi connectivity index (χ1) is 11.3. The lowest BCUT2D eigenvalue weighted by Crippen LogP contribution is -2.58. The van der Waals surface area contributed by atoms with E-state index in [9.17, 15) is 25.2 Å². The summed E-state index contributed by atoms with van der Waals surface area (Å²) in [6.07, 6.45) is -6.65. The Morgan fingerprint density at radius 2 is 1.83 bits per heavy atom. The molecule has 0 spiro atoms. The van der Waals surface area contributed by atoms with Crippen molar-refractivity contribution in [3.05, 3.63) is 35.9 Å². The van der Waals surface area contributed by atoms with E-state index in [4.69, 9.17) is 16.0 Å². The number of phenolic OH excluding ortho intramolecular Hbond substituents is 1. The van der Waals surface area contributed by atoms with Gasteiger partial charge in [0.15, 0.2) is 6.29 Å². The Bertz CT molecular complexity index is 602. The third-order valence-corrected chi connectivity index (χ3v) is 3.32. The average molecular weight is 327 g/mol. The summed E-state index contributed by atoms with van der Waals surface area (Å²) in [6, 6.07) is 5.31. The average Bonchev–Trinajstić information content (AvgIpc) is 2.56. The van der Waals surface area contributed by atoms with Crippen LogP contribution in [0.15, 0.2) is 30.3 Å². The molecule has 1 aliphatic heterocycles. The Hall–Kier alpha value is -1.97. The number of benzene rings is 1. The monoisotopic (exact) mass is 327 g/mol. The van der Waals surface area contributed by atoms with Crippen LogP contribution in [0.1, 0.15) is 6.93 Å². The van der Waals surface area contributed by atoms with Crippen molar-refractivity contribution in [2.24, 2.45) is 0 Å². The molecule has 126 valence electrons. The highest BCUT2D eigenvalue weighted by Gasteiger charge is 2.43. The van der Waals surface area contributed by atoms with Gasteiger partial charge in [0, 0.05) is 6.05 Å². The first kappa shape index (κ1) is 15.9. The minimum absolute atomic E-state index is 0.0454. The van der Waals surface area contributed by atoms with Crippen LogP contribution in [0.5, 0.6) is 5.75 Å². The molecule has 5 N–H and O–H groups in total. The number of carbonyl (C=O) groups is 1. The van der Waals surface area contributed by atoms with Gasteiger partial charge >= 0.3 is 5.97 Å². The van der Waals surface area contributed by atoms with E-state index in [1.165, 1.54) is 30.3 Å². The fourth-order valence-electron chi connectivity index (χ4n) is 1.98. The summed E-state index contributed by atoms with van der Waals surface area (Å²) in [5.41, 5.74) is 0.498. The van der Waals surface area contributed by atoms with E-state index in [2.05, 4.69) is 0 Å². The van der Waals surface area contributed by atoms with Gasteiger partial charge in [-0.2, -0.15) is 0 Å². The van der Waals surface area contributed by atoms with Gasteiger partial charge in [-0.15, -0.1) is 0 Å². The van der Waals surface area contributed by atoms with Crippen LogP contribution in [0.4, 0.5) is 0 Å². The Morgan fingerprint density at radius 1 is 1.17 bits per heavy atom. The fraction of sp³-hybridized carbons (Fsp3) is 0.400. The summed E-state index contributed by atoms with van der Waals surface area (Å²) in [5, 5.41) is 47.1. The number of aliphatic hydroxyl groups excluding tert-OH is 4. The topological polar surface area (TPSA) is 137 Å². The summed E-state index contributed by atoms with van der Waals surface area (Å²) >= 11 is 0. The number of hydrogen-bond donors (Lipinski definition) is 5. The van der Waals surface area contributed by atoms with Crippen molar-refractivity contribution in [3.63, 3.8) is 0 Å². The summed E-state index contributed by atoms with van der Waals surface area (Å²) in [5.74, 6) is -0.960. The maximum Gasteiger partial charge on any atom is 0.330 e. The van der Waals surface area contributed by atoms with Gasteiger partial charge in [-0.3, -0.25) is 0 Å². The first-order valence-corrected chi connectivity index (χ1v) is 6.82. The number of rotatable bonds is 4. The molecular weight excluding hydrogens is 308 g/mol. The molecule has 1 unspecified atom stereocenters. The van der Waals surface area contributed by atoms with Gasteiger partial charge in [-0.25, -0.2) is 4.79 Å². The predicted octanol–water partition coefficient (Wildman–Crippen LogP) is -1.25. The lowest BCUT2D eigenvalue weighted by molar-refractivity contribution is -0.287. The second-order valence-electron chi connectivity index (χ2n) is 5.02. The Labute approximate surface area is 133 Å². The van der Waals surface area contributed by atoms with Crippen molar-refractivity contribution in [3.8, 4) is 5.75 Å². The van der Waals surface area contributed by atoms with Crippen LogP contribution in [0.25, 0.3) is 6.08 Å². The number of carbonyl (C=O) groups excluding carboxylic acids is 1. The highest BCUT2D eigenvalue weighted by Crippen LogP contribution is 2.20. The minimum Gasteiger partial charge on any atom is -0.508 e. The zero-order valence-corrected chi connectivity index (χ0v) is 11.9. The molecule has 5 atom stereocenters. The Morgan fingerprint density at radius 3 is 2.48 bits per heavy atom. The van der Waals surface area contributed by atoms with E-state index < -0.39 is 49.3 Å². The zero-order chi connectivity index (χ0) is 17.9. The highest BCUT2D eigenvalue weighted by molar-refractivity contribution is 5.87. The van der Waals surface area contributed by atoms with Gasteiger partial charge in [0.25, 0.3) is 0 Å². The third kappa shape index (κ3) is 4.50. The molecule has 1 fully saturated rings. The van der Waals surface area contributed by atoms with E-state index >= 15 is 0 Å². The van der Waals surface area contributed by atoms with Gasteiger partial charge in [-0.05, 0) is 23.8 Å². The summed E-state index contributed by atoms with van der Waals surface area (Å²) in [6.45, 7) is -0.521. The minimum atomic E-state index is -1.73. The smallest absolute Gasteiger partial charge is 0.330 e. The third-order valence-electron chi connectivity index (χ3n) is 3.32. The molecule has 0 saturated carbocycles. The molecule has 2 rings (SSSR count). The summed E-state index contributed by atoms with van der Waals surface area (Å²) in [7, 11) is 0. The van der Waals surface area contributed by atoms with Gasteiger partial charge in [0.2, 0.25) is 0 Å². The summed E-state index contributed by atoms with van der Waals surface area (Å²) in [4.78, 5) is 11.8. The van der Waals surface area contributed by atoms with E-state index in [0.717, 1.165) is 0 Å². The van der Waals surface area contributed by atoms with Gasteiger partial charge in [-0.1, -0.05) is 12.1 Å². The highest BCUT2D eigenvalue weighted by atomic mass is 16.6. The molecule has 1 heterocycles. The SMILES string of the molecule is [2H]/C(=C\c1ccc(O)cc1)C(=O)OC[C@H]1OC(O)[C@H](O)[C@@H](O)[C@H]1O. The molecule has 1 aliphatic rings. The van der Waals surface area contributed by atoms with E-state index in [1.54, 1.807) is 0 Å². The normalized spacial score (nSPS) is 32.3. The van der Waals surface area contributed by atoms with Crippen molar-refractivity contribution in [1.82, 2.24) is 0 Å². The molecule has 0 aliphatic carbocycles. The van der Waals surface area contributed by atoms with Gasteiger partial charge < -0.3 is 35.0 Å². The first-order valence-electron chi connectivity index (χ1n) is 7.32. The van der Waals surface area contributed by atoms with Crippen LogP contribution in [-0.4, -0.2) is 68.8 Å². The van der Waals surface area contributed by atoms with Crippen LogP contribution >= 0.6 is 0 Å². The molecule has 0 radical (unpaired) electrons. The molecule has 8 nitrogen and oxygen atoms in total. The molecule has 1 saturated heterocycles. The largest absolute Gasteiger partial charge is 0.508 e. The number of phenols is 1. The number of ether oxygens (including phenoxy) is 2. The zero-order valence-electron chi connectivity index (χ0n) is 12.9. The maximum atomic E-state index is 11.8. The number of hydrogen-bond acceptors (Lipinski definition) is 8. The molecule has 0 bridgehead atoms. The molecule has 23 heavy (non-hydrogen) atoms. The standard InChI is InChI=1S/C15H18O8/c16-9-4-1-8(2-5-9)3-6-11(17)22-7-10-12(18)13(19)14(20)15(21)23-10/h1-6,10,12-16,18-21H,7H2/b6-3+/t10-,12+,13+,14-,15?/m1/s1/i6D. The molecule has 1 aromatic rings. The van der Waals surface area contributed by atoms with Crippen LogP contribution in [0.2, 0.25) is 0 Å². The van der Waals surface area contributed by atoms with Crippen LogP contribution in [-0.2, 0) is 14.3 Å². The van der Waals surface area contributed by atoms with Gasteiger partial charge in [0.05, 0.1) is 1.37 Å². The number of aliphatic hydroxyl groups is 4. The Balaban J connectivity index is 1.93. The van der Waals surface area contributed by atoms with Crippen molar-refractivity contribution < 1.29 is 41.2 Å². The second kappa shape index (κ2) is 7.53. The Kier molecular flexibility index (Phi) is 5.21. The van der Waals surface area contributed by atoms with Gasteiger partial charge in [0.1, 0.15) is 36.8 Å². The number of aromatic hydroxyl groups is 1. The molecule has 8 heteroatoms. The van der Waals surface area contributed by atoms with E-state index in [1.807, 2.05) is 0 Å². The van der Waals surface area contributed by atoms with Crippen LogP contribution < -0.4 is 0 Å². The van der Waals surface area contributed by atoms with Crippen LogP contribution in [0.3, 0.4) is 0 Å². The van der Waals surface area contributed by atoms with Crippen molar-refractivity contribution >= 4 is 12.0 Å². The summed E-state index contributed by atoms with van der Waals surface area (Å²) < 4.78 is 17.3. The lowest BCUT2D eigenvalue weighted by atomic mass is 9.99. The molecule has 1 aromatic carbocycles. The van der Waals surface area contributed by atoms with Crippen molar-refractivity contribution in [2.75, 3.05) is 6.61 Å². The van der Waals surface area contributed by atoms with Crippen molar-refractivity contribution in [1.29, 1.82) is 0 Å². The fourth-order valence-corrected chi connectivity index (χ4v) is 1.98. The van der Waals surface area contributed by atoms with Crippen LogP contribution in [0, 0.1) is 0 Å². The molecule has 0 amide bonds. The maximum absolute atomic E-state index is 11.8. The van der Waals surface area contributed by atoms with Crippen molar-refractivity contribution in [2.45, 2.75) is 30.7 Å². The number of esters is 1. The quantitative estimate of drug-likeness (QED) is 0.342. The van der Waals surface area contributed by atoms with E-state index in [0.29, 0.717) is 5.56 Å². The van der Waals surface area contributed by atoms with E-state index in [-0.39, 0.29) is 5.75 Å².